The first-order valence-corrected chi connectivity index (χ1v) is 6.76. The van der Waals surface area contributed by atoms with Gasteiger partial charge in [0.25, 0.3) is 0 Å². The molecule has 0 aromatic carbocycles. The van der Waals surface area contributed by atoms with Crippen LogP contribution in [-0.4, -0.2) is 37.0 Å². The Morgan fingerprint density at radius 2 is 1.88 bits per heavy atom. The zero-order valence-corrected chi connectivity index (χ0v) is 10.4. The molecule has 0 spiro atoms. The molecule has 1 saturated carbocycles. The van der Waals surface area contributed by atoms with Crippen molar-refractivity contribution in [1.82, 2.24) is 10.2 Å². The van der Waals surface area contributed by atoms with Crippen LogP contribution in [0.15, 0.2) is 0 Å². The van der Waals surface area contributed by atoms with Gasteiger partial charge in [-0.1, -0.05) is 19.3 Å². The minimum atomic E-state index is 0.237. The summed E-state index contributed by atoms with van der Waals surface area (Å²) in [7, 11) is 2.01. The largest absolute Gasteiger partial charge is 0.342 e. The third-order valence-corrected chi connectivity index (χ3v) is 4.12. The van der Waals surface area contributed by atoms with Crippen LogP contribution in [0.25, 0.3) is 0 Å². The zero-order valence-electron chi connectivity index (χ0n) is 10.4. The van der Waals surface area contributed by atoms with E-state index >= 15 is 0 Å². The van der Waals surface area contributed by atoms with Crippen molar-refractivity contribution in [3.8, 4) is 0 Å². The van der Waals surface area contributed by atoms with Gasteiger partial charge in [0.15, 0.2) is 0 Å². The van der Waals surface area contributed by atoms with E-state index in [1.54, 1.807) is 0 Å². The number of nitrogens with zero attached hydrogens (tertiary/aromatic N) is 1. The molecule has 3 heteroatoms. The van der Waals surface area contributed by atoms with Crippen LogP contribution in [0, 0.1) is 5.92 Å². The first-order valence-electron chi connectivity index (χ1n) is 6.76. The molecule has 2 rings (SSSR count). The summed E-state index contributed by atoms with van der Waals surface area (Å²) in [4.78, 5) is 14.3. The fourth-order valence-electron chi connectivity index (χ4n) is 3.00. The van der Waals surface area contributed by atoms with Gasteiger partial charge < -0.3 is 10.2 Å². The number of piperidine rings is 1. The average molecular weight is 224 g/mol. The predicted molar refractivity (Wildman–Crippen MR) is 65.2 cm³/mol. The fraction of sp³-hybridized carbons (Fsp3) is 0.923. The standard InChI is InChI=1S/C13H24N2O/c1-15(12-7-3-2-4-8-12)13(16)11-6-5-9-14-10-11/h11-12,14H,2-10H2,1H3. The summed E-state index contributed by atoms with van der Waals surface area (Å²) < 4.78 is 0. The maximum absolute atomic E-state index is 12.3. The van der Waals surface area contributed by atoms with E-state index in [0.717, 1.165) is 25.9 Å². The van der Waals surface area contributed by atoms with Gasteiger partial charge >= 0.3 is 0 Å². The Bertz CT molecular complexity index is 230. The van der Waals surface area contributed by atoms with Crippen LogP contribution in [0.3, 0.4) is 0 Å². The molecular formula is C13H24N2O. The van der Waals surface area contributed by atoms with E-state index in [-0.39, 0.29) is 5.92 Å². The molecule has 1 unspecified atom stereocenters. The van der Waals surface area contributed by atoms with Gasteiger partial charge in [-0.25, -0.2) is 0 Å². The minimum Gasteiger partial charge on any atom is -0.342 e. The number of carbonyl (C=O) groups is 1. The highest BCUT2D eigenvalue weighted by molar-refractivity contribution is 5.79. The number of amides is 1. The van der Waals surface area contributed by atoms with E-state index in [0.29, 0.717) is 11.9 Å². The molecule has 0 bridgehead atoms. The second-order valence-corrected chi connectivity index (χ2v) is 5.28. The van der Waals surface area contributed by atoms with E-state index in [9.17, 15) is 4.79 Å². The van der Waals surface area contributed by atoms with Crippen LogP contribution < -0.4 is 5.32 Å². The molecule has 1 atom stereocenters. The van der Waals surface area contributed by atoms with Gasteiger partial charge in [0, 0.05) is 19.6 Å². The molecule has 0 aromatic rings. The Morgan fingerprint density at radius 1 is 1.12 bits per heavy atom. The third-order valence-electron chi connectivity index (χ3n) is 4.12. The van der Waals surface area contributed by atoms with Crippen LogP contribution in [0.5, 0.6) is 0 Å². The van der Waals surface area contributed by atoms with Gasteiger partial charge in [0.2, 0.25) is 5.91 Å². The topological polar surface area (TPSA) is 32.3 Å². The first-order chi connectivity index (χ1) is 7.79. The maximum Gasteiger partial charge on any atom is 0.226 e. The van der Waals surface area contributed by atoms with Crippen molar-refractivity contribution < 1.29 is 4.79 Å². The van der Waals surface area contributed by atoms with Crippen molar-refractivity contribution in [2.24, 2.45) is 5.92 Å². The lowest BCUT2D eigenvalue weighted by Crippen LogP contribution is -2.46. The minimum absolute atomic E-state index is 0.237. The molecule has 2 aliphatic rings. The summed E-state index contributed by atoms with van der Waals surface area (Å²) in [5, 5.41) is 3.33. The van der Waals surface area contributed by atoms with E-state index in [1.165, 1.54) is 32.1 Å². The maximum atomic E-state index is 12.3. The molecule has 1 N–H and O–H groups in total. The molecule has 1 amide bonds. The first kappa shape index (κ1) is 11.9. The molecule has 2 fully saturated rings. The van der Waals surface area contributed by atoms with Crippen molar-refractivity contribution in [3.63, 3.8) is 0 Å². The molecule has 0 aromatic heterocycles. The normalized spacial score (nSPS) is 27.7. The monoisotopic (exact) mass is 224 g/mol. The molecule has 16 heavy (non-hydrogen) atoms. The van der Waals surface area contributed by atoms with Crippen LogP contribution >= 0.6 is 0 Å². The SMILES string of the molecule is CN(C(=O)C1CCCNC1)C1CCCCC1. The van der Waals surface area contributed by atoms with Crippen molar-refractivity contribution in [2.45, 2.75) is 51.0 Å². The molecule has 0 radical (unpaired) electrons. The Kier molecular flexibility index (Phi) is 4.22. The van der Waals surface area contributed by atoms with Gasteiger partial charge in [-0.05, 0) is 32.2 Å². The summed E-state index contributed by atoms with van der Waals surface area (Å²) in [6.07, 6.45) is 8.59. The molecule has 1 aliphatic carbocycles. The third kappa shape index (κ3) is 2.76. The number of carbonyl (C=O) groups excluding carboxylic acids is 1. The van der Waals surface area contributed by atoms with Crippen LogP contribution in [0.1, 0.15) is 44.9 Å². The highest BCUT2D eigenvalue weighted by Crippen LogP contribution is 2.23. The number of nitrogens with one attached hydrogen (secondary N) is 1. The Labute approximate surface area is 98.6 Å². The molecular weight excluding hydrogens is 200 g/mol. The van der Waals surface area contributed by atoms with Crippen LogP contribution in [-0.2, 0) is 4.79 Å². The van der Waals surface area contributed by atoms with E-state index < -0.39 is 0 Å². The number of hydrogen-bond acceptors (Lipinski definition) is 2. The Hall–Kier alpha value is -0.570. The van der Waals surface area contributed by atoms with Crippen molar-refractivity contribution >= 4 is 5.91 Å². The molecule has 1 heterocycles. The van der Waals surface area contributed by atoms with E-state index in [2.05, 4.69) is 5.32 Å². The lowest BCUT2D eigenvalue weighted by molar-refractivity contribution is -0.137. The van der Waals surface area contributed by atoms with Crippen molar-refractivity contribution in [3.05, 3.63) is 0 Å². The van der Waals surface area contributed by atoms with Gasteiger partial charge in [-0.2, -0.15) is 0 Å². The van der Waals surface area contributed by atoms with Crippen LogP contribution in [0.4, 0.5) is 0 Å². The zero-order chi connectivity index (χ0) is 11.4. The van der Waals surface area contributed by atoms with Gasteiger partial charge in [-0.3, -0.25) is 4.79 Å². The molecule has 1 aliphatic heterocycles. The summed E-state index contributed by atoms with van der Waals surface area (Å²) in [5.41, 5.74) is 0. The summed E-state index contributed by atoms with van der Waals surface area (Å²) in [5.74, 6) is 0.611. The van der Waals surface area contributed by atoms with E-state index in [1.807, 2.05) is 11.9 Å². The Morgan fingerprint density at radius 3 is 2.50 bits per heavy atom. The second-order valence-electron chi connectivity index (χ2n) is 5.28. The lowest BCUT2D eigenvalue weighted by atomic mass is 9.92. The molecule has 92 valence electrons. The lowest BCUT2D eigenvalue weighted by Gasteiger charge is -2.34. The summed E-state index contributed by atoms with van der Waals surface area (Å²) in [6, 6.07) is 0.517. The summed E-state index contributed by atoms with van der Waals surface area (Å²) >= 11 is 0. The van der Waals surface area contributed by atoms with E-state index in [4.69, 9.17) is 0 Å². The second kappa shape index (κ2) is 5.67. The smallest absolute Gasteiger partial charge is 0.226 e. The van der Waals surface area contributed by atoms with Gasteiger partial charge in [-0.15, -0.1) is 0 Å². The number of rotatable bonds is 2. The van der Waals surface area contributed by atoms with Crippen molar-refractivity contribution in [1.29, 1.82) is 0 Å². The molecule has 3 nitrogen and oxygen atoms in total. The molecule has 1 saturated heterocycles. The highest BCUT2D eigenvalue weighted by Gasteiger charge is 2.28. The average Bonchev–Trinajstić information content (AvgIpc) is 2.39. The quantitative estimate of drug-likeness (QED) is 0.775. The highest BCUT2D eigenvalue weighted by atomic mass is 16.2. The van der Waals surface area contributed by atoms with Crippen molar-refractivity contribution in [2.75, 3.05) is 20.1 Å². The number of hydrogen-bond donors (Lipinski definition) is 1. The van der Waals surface area contributed by atoms with Gasteiger partial charge in [0.1, 0.15) is 0 Å². The van der Waals surface area contributed by atoms with Crippen LogP contribution in [0.2, 0.25) is 0 Å². The van der Waals surface area contributed by atoms with Gasteiger partial charge in [0.05, 0.1) is 5.92 Å². The summed E-state index contributed by atoms with van der Waals surface area (Å²) in [6.45, 7) is 1.97. The predicted octanol–water partition coefficient (Wildman–Crippen LogP) is 1.78. The Balaban J connectivity index is 1.86. The fourth-order valence-corrected chi connectivity index (χ4v) is 3.00.